The second-order valence-electron chi connectivity index (χ2n) is 2.87. The highest BCUT2D eigenvalue weighted by Crippen LogP contribution is 2.38. The first kappa shape index (κ1) is 12.7. The monoisotopic (exact) mass is 284 g/mol. The molecule has 0 radical (unpaired) electrons. The lowest BCUT2D eigenvalue weighted by Gasteiger charge is -2.19. The van der Waals surface area contributed by atoms with Crippen molar-refractivity contribution < 1.29 is 0 Å². The van der Waals surface area contributed by atoms with Gasteiger partial charge in [0.15, 0.2) is 0 Å². The minimum Gasteiger partial charge on any atom is -0.125 e. The fraction of sp³-hybridized carbons (Fsp3) is 0.333. The summed E-state index contributed by atoms with van der Waals surface area (Å²) in [5, 5.41) is 0. The van der Waals surface area contributed by atoms with Gasteiger partial charge in [-0.1, -0.05) is 25.1 Å². The van der Waals surface area contributed by atoms with Gasteiger partial charge in [0.25, 0.3) is 0 Å². The Labute approximate surface area is 104 Å². The molecular weight excluding hydrogens is 275 g/mol. The van der Waals surface area contributed by atoms with Crippen LogP contribution in [0.5, 0.6) is 0 Å². The topological polar surface area (TPSA) is 0 Å². The summed E-state index contributed by atoms with van der Waals surface area (Å²) in [5.41, 5.74) is 0. The Bertz CT molecular complexity index is 273. The first-order valence-electron chi connectivity index (χ1n) is 4.32. The summed E-state index contributed by atoms with van der Waals surface area (Å²) in [6.45, 7) is 2.05. The molecule has 78 valence electrons. The molecule has 0 N–H and O–H groups in total. The van der Waals surface area contributed by atoms with Gasteiger partial charge in [0.05, 0.1) is 0 Å². The van der Waals surface area contributed by atoms with Crippen molar-refractivity contribution >= 4 is 51.0 Å². The van der Waals surface area contributed by atoms with Crippen LogP contribution < -0.4 is 0 Å². The van der Waals surface area contributed by atoms with Crippen LogP contribution in [0.15, 0.2) is 35.2 Å². The molecule has 1 atom stereocenters. The summed E-state index contributed by atoms with van der Waals surface area (Å²) in [6, 6.07) is 7.46. The Morgan fingerprint density at radius 1 is 1.21 bits per heavy atom. The first-order chi connectivity index (χ1) is 6.54. The predicted molar refractivity (Wildman–Crippen MR) is 69.7 cm³/mol. The predicted octanol–water partition coefficient (Wildman–Crippen LogP) is 4.75. The van der Waals surface area contributed by atoms with E-state index in [0.717, 1.165) is 11.3 Å². The van der Waals surface area contributed by atoms with E-state index < -0.39 is 6.00 Å². The number of thioether (sulfide) groups is 1. The van der Waals surface area contributed by atoms with Crippen LogP contribution in [0.1, 0.15) is 13.3 Å². The zero-order chi connectivity index (χ0) is 10.6. The van der Waals surface area contributed by atoms with E-state index in [4.69, 9.17) is 33.2 Å². The highest BCUT2D eigenvalue weighted by molar-refractivity contribution is 8.04. The third-order valence-electron chi connectivity index (χ3n) is 1.76. The number of rotatable bonds is 4. The minimum absolute atomic E-state index is 0.134. The van der Waals surface area contributed by atoms with Crippen LogP contribution in [0, 0.1) is 0 Å². The van der Waals surface area contributed by atoms with E-state index in [1.807, 2.05) is 30.3 Å². The molecule has 0 saturated heterocycles. The lowest BCUT2D eigenvalue weighted by molar-refractivity contribution is 1.04. The average Bonchev–Trinajstić information content (AvgIpc) is 2.14. The molecule has 1 aromatic carbocycles. The summed E-state index contributed by atoms with van der Waals surface area (Å²) in [5.74, 6) is 0. The third kappa shape index (κ3) is 4.03. The van der Waals surface area contributed by atoms with Gasteiger partial charge in [-0.15, -0.1) is 45.0 Å². The zero-order valence-electron chi connectivity index (χ0n) is 7.71. The Morgan fingerprint density at radius 3 is 2.21 bits per heavy atom. The smallest absolute Gasteiger partial charge is 0.125 e. The van der Waals surface area contributed by atoms with Gasteiger partial charge in [0.1, 0.15) is 0 Å². The van der Waals surface area contributed by atoms with Gasteiger partial charge in [-0.3, -0.25) is 0 Å². The van der Waals surface area contributed by atoms with Crippen LogP contribution in [-0.4, -0.2) is 10.9 Å². The molecule has 0 aliphatic heterocycles. The molecule has 0 aromatic heterocycles. The molecule has 1 aromatic rings. The number of hydrogen-bond acceptors (Lipinski definition) is 1. The van der Waals surface area contributed by atoms with Crippen molar-refractivity contribution in [3.63, 3.8) is 0 Å². The normalized spacial score (nSPS) is 14.0. The van der Waals surface area contributed by atoms with E-state index in [1.54, 1.807) is 11.8 Å². The van der Waals surface area contributed by atoms with Gasteiger partial charge in [-0.05, 0) is 18.6 Å². The molecule has 0 fully saturated rings. The lowest BCUT2D eigenvalue weighted by Crippen LogP contribution is -2.27. The molecule has 0 aliphatic carbocycles. The molecule has 14 heavy (non-hydrogen) atoms. The van der Waals surface area contributed by atoms with Crippen LogP contribution >= 0.6 is 45.0 Å². The first-order valence-corrected chi connectivity index (χ1v) is 10.3. The van der Waals surface area contributed by atoms with Gasteiger partial charge >= 0.3 is 6.00 Å². The SMILES string of the molecule is CCC(Sc1ccccc1)[Si](Cl)(Cl)Cl. The Kier molecular flexibility index (Phi) is 5.15. The van der Waals surface area contributed by atoms with Crippen LogP contribution in [0.2, 0.25) is 0 Å². The lowest BCUT2D eigenvalue weighted by atomic mass is 10.4. The maximum atomic E-state index is 6.00. The van der Waals surface area contributed by atoms with Crippen molar-refractivity contribution in [2.75, 3.05) is 0 Å². The highest BCUT2D eigenvalue weighted by Gasteiger charge is 2.36. The number of halogens is 3. The van der Waals surface area contributed by atoms with E-state index in [0.29, 0.717) is 0 Å². The molecule has 0 nitrogen and oxygen atoms in total. The van der Waals surface area contributed by atoms with E-state index in [2.05, 4.69) is 6.92 Å². The van der Waals surface area contributed by atoms with Gasteiger partial charge in [0.2, 0.25) is 0 Å². The van der Waals surface area contributed by atoms with Crippen LogP contribution in [0.4, 0.5) is 0 Å². The fourth-order valence-corrected chi connectivity index (χ4v) is 5.85. The van der Waals surface area contributed by atoms with Crippen molar-refractivity contribution in [2.24, 2.45) is 0 Å². The van der Waals surface area contributed by atoms with Gasteiger partial charge < -0.3 is 0 Å². The van der Waals surface area contributed by atoms with Crippen molar-refractivity contribution in [2.45, 2.75) is 23.1 Å². The van der Waals surface area contributed by atoms with Gasteiger partial charge in [-0.2, -0.15) is 0 Å². The standard InChI is InChI=1S/C9H11Cl3SSi/c1-2-9(14(10,11)12)13-8-6-4-3-5-7-8/h3-7,9H,2H2,1H3. The zero-order valence-corrected chi connectivity index (χ0v) is 11.8. The van der Waals surface area contributed by atoms with Crippen LogP contribution in [0.25, 0.3) is 0 Å². The summed E-state index contributed by atoms with van der Waals surface area (Å²) >= 11 is 19.7. The Morgan fingerprint density at radius 2 is 1.79 bits per heavy atom. The van der Waals surface area contributed by atoms with Crippen LogP contribution in [0.3, 0.4) is 0 Å². The quantitative estimate of drug-likeness (QED) is 0.437. The summed E-state index contributed by atoms with van der Waals surface area (Å²) in [6.07, 6.45) is 0.891. The average molecular weight is 286 g/mol. The minimum atomic E-state index is -2.59. The van der Waals surface area contributed by atoms with Crippen molar-refractivity contribution in [1.29, 1.82) is 0 Å². The van der Waals surface area contributed by atoms with E-state index in [9.17, 15) is 0 Å². The molecule has 0 saturated carbocycles. The number of benzene rings is 1. The maximum Gasteiger partial charge on any atom is 0.353 e. The second kappa shape index (κ2) is 5.66. The van der Waals surface area contributed by atoms with Gasteiger partial charge in [0, 0.05) is 9.77 Å². The summed E-state index contributed by atoms with van der Waals surface area (Å²) in [4.78, 5) is 1.30. The Balaban J connectivity index is 2.67. The van der Waals surface area contributed by atoms with E-state index in [1.165, 1.54) is 0 Å². The van der Waals surface area contributed by atoms with Crippen molar-refractivity contribution in [3.05, 3.63) is 30.3 Å². The molecule has 0 heterocycles. The molecule has 0 amide bonds. The van der Waals surface area contributed by atoms with Crippen LogP contribution in [-0.2, 0) is 0 Å². The maximum absolute atomic E-state index is 6.00. The molecule has 0 spiro atoms. The summed E-state index contributed by atoms with van der Waals surface area (Å²) < 4.78 is 0. The fourth-order valence-electron chi connectivity index (χ4n) is 1.04. The van der Waals surface area contributed by atoms with Crippen molar-refractivity contribution in [3.8, 4) is 0 Å². The molecule has 5 heteroatoms. The molecular formula is C9H11Cl3SSi. The molecule has 0 bridgehead atoms. The largest absolute Gasteiger partial charge is 0.353 e. The third-order valence-corrected chi connectivity index (χ3v) is 9.01. The Hall–Kier alpha value is 0.657. The summed E-state index contributed by atoms with van der Waals surface area (Å²) in [7, 11) is 0. The van der Waals surface area contributed by atoms with E-state index in [-0.39, 0.29) is 4.87 Å². The molecule has 1 unspecified atom stereocenters. The molecule has 1 rings (SSSR count). The highest BCUT2D eigenvalue weighted by atomic mass is 35.8. The molecule has 0 aliphatic rings. The number of hydrogen-bond donors (Lipinski definition) is 0. The van der Waals surface area contributed by atoms with Gasteiger partial charge in [-0.25, -0.2) is 0 Å². The second-order valence-corrected chi connectivity index (χ2v) is 13.5. The van der Waals surface area contributed by atoms with E-state index >= 15 is 0 Å². The van der Waals surface area contributed by atoms with Crippen molar-refractivity contribution in [1.82, 2.24) is 0 Å².